The Morgan fingerprint density at radius 2 is 1.22 bits per heavy atom. The molecule has 2 bridgehead atoms. The maximum absolute atomic E-state index is 14.8. The van der Waals surface area contributed by atoms with Gasteiger partial charge in [0.15, 0.2) is 11.6 Å². The van der Waals surface area contributed by atoms with E-state index in [1.54, 1.807) is 48.5 Å². The molecule has 65 heavy (non-hydrogen) atoms. The molecule has 5 aromatic carbocycles. The van der Waals surface area contributed by atoms with Gasteiger partial charge in [0, 0.05) is 42.5 Å². The maximum atomic E-state index is 14.8. The number of ether oxygens (including phenoxy) is 1. The van der Waals surface area contributed by atoms with Crippen LogP contribution in [0.25, 0.3) is 11.1 Å². The minimum atomic E-state index is -1.21. The molecule has 2 aliphatic rings. The molecule has 3 heterocycles. The Morgan fingerprint density at radius 3 is 1.86 bits per heavy atom. The van der Waals surface area contributed by atoms with Crippen molar-refractivity contribution in [2.45, 2.75) is 57.2 Å². The van der Waals surface area contributed by atoms with Crippen molar-refractivity contribution in [3.05, 3.63) is 184 Å². The van der Waals surface area contributed by atoms with Crippen molar-refractivity contribution < 1.29 is 38.6 Å². The zero-order valence-electron chi connectivity index (χ0n) is 35.8. The highest BCUT2D eigenvalue weighted by molar-refractivity contribution is 7.09. The fourth-order valence-electron chi connectivity index (χ4n) is 8.07. The van der Waals surface area contributed by atoms with Crippen LogP contribution in [0.2, 0.25) is 0 Å². The third kappa shape index (κ3) is 13.4. The lowest BCUT2D eigenvalue weighted by Gasteiger charge is -2.28. The first-order valence-corrected chi connectivity index (χ1v) is 22.6. The number of benzene rings is 5. The number of hydrogen-bond donors (Lipinski definition) is 3. The molecule has 0 unspecified atom stereocenters. The third-order valence-corrected chi connectivity index (χ3v) is 12.3. The summed E-state index contributed by atoms with van der Waals surface area (Å²) in [4.78, 5) is 86.4. The van der Waals surface area contributed by atoms with Gasteiger partial charge in [-0.3, -0.25) is 28.8 Å². The van der Waals surface area contributed by atoms with E-state index in [-0.39, 0.29) is 57.5 Å². The predicted molar refractivity (Wildman–Crippen MR) is 249 cm³/mol. The van der Waals surface area contributed by atoms with E-state index in [1.165, 1.54) is 16.2 Å². The van der Waals surface area contributed by atoms with Crippen molar-refractivity contribution in [1.82, 2.24) is 15.5 Å². The van der Waals surface area contributed by atoms with Crippen LogP contribution in [-0.2, 0) is 61.0 Å². The molecule has 332 valence electrons. The summed E-state index contributed by atoms with van der Waals surface area (Å²) in [6.45, 7) is -0.890. The van der Waals surface area contributed by atoms with E-state index in [0.29, 0.717) is 11.3 Å². The highest BCUT2D eigenvalue weighted by Gasteiger charge is 2.34. The number of nitrogens with zero attached hydrogens (tertiary/aromatic N) is 1. The summed E-state index contributed by atoms with van der Waals surface area (Å²) >= 11 is 1.47. The van der Waals surface area contributed by atoms with Gasteiger partial charge < -0.3 is 25.4 Å². The average Bonchev–Trinajstić information content (AvgIpc) is 3.84. The fourth-order valence-corrected chi connectivity index (χ4v) is 8.85. The van der Waals surface area contributed by atoms with Gasteiger partial charge in [0.2, 0.25) is 17.7 Å². The van der Waals surface area contributed by atoms with E-state index >= 15 is 0 Å². The lowest BCUT2D eigenvalue weighted by Crippen LogP contribution is -2.54. The van der Waals surface area contributed by atoms with E-state index < -0.39 is 59.9 Å². The van der Waals surface area contributed by atoms with Crippen LogP contribution in [0.15, 0.2) is 157 Å². The Kier molecular flexibility index (Phi) is 15.8. The van der Waals surface area contributed by atoms with E-state index in [4.69, 9.17) is 4.74 Å². The molecule has 0 saturated heterocycles. The van der Waals surface area contributed by atoms with E-state index in [0.717, 1.165) is 32.7 Å². The highest BCUT2D eigenvalue weighted by Crippen LogP contribution is 2.25. The van der Waals surface area contributed by atoms with Gasteiger partial charge in [-0.15, -0.1) is 11.3 Å². The number of aliphatic carboxylic acids is 1. The number of thiophene rings is 1. The van der Waals surface area contributed by atoms with Crippen LogP contribution in [0.5, 0.6) is 5.75 Å². The van der Waals surface area contributed by atoms with Crippen molar-refractivity contribution in [3.63, 3.8) is 0 Å². The second kappa shape index (κ2) is 22.4. The third-order valence-electron chi connectivity index (χ3n) is 11.5. The number of Topliss-reactive ketones (excluding diaryl/α,β-unsaturated/α-hetero) is 2. The molecule has 2 aliphatic heterocycles. The van der Waals surface area contributed by atoms with Gasteiger partial charge >= 0.3 is 5.97 Å². The van der Waals surface area contributed by atoms with Gasteiger partial charge in [0.1, 0.15) is 24.9 Å². The molecule has 0 saturated carbocycles. The molecule has 8 rings (SSSR count). The molecule has 12 heteroatoms. The van der Waals surface area contributed by atoms with Crippen molar-refractivity contribution in [1.29, 1.82) is 0 Å². The Labute approximate surface area is 382 Å². The Hall–Kier alpha value is -7.18. The topological polar surface area (TPSA) is 159 Å². The molecule has 11 nitrogen and oxygen atoms in total. The summed E-state index contributed by atoms with van der Waals surface area (Å²) < 4.78 is 5.89. The summed E-state index contributed by atoms with van der Waals surface area (Å²) in [5.74, 6) is -5.05. The summed E-state index contributed by atoms with van der Waals surface area (Å²) in [6.07, 6.45) is 0.0237. The number of carboxylic acids is 1. The zero-order chi connectivity index (χ0) is 45.5. The molecule has 0 fully saturated rings. The van der Waals surface area contributed by atoms with E-state index in [2.05, 4.69) is 10.6 Å². The molecule has 3 amide bonds. The molecule has 1 aromatic heterocycles. The van der Waals surface area contributed by atoms with Crippen LogP contribution in [-0.4, -0.2) is 70.5 Å². The summed E-state index contributed by atoms with van der Waals surface area (Å²) in [6, 6.07) is 44.0. The monoisotopic (exact) mass is 889 g/mol. The van der Waals surface area contributed by atoms with Gasteiger partial charge in [0.05, 0.1) is 6.04 Å². The SMILES string of the molecule is O=C(O)CN(Cc1ccccc1)C(=O)[C@H]1CC(=O)[C@H](Cc2ccccc2)NC(=O)[C@@H](Cc2ccc(-c3ccccc3)cc2)NC(=O)[C@H](Cc2cccs2)CC(=O)COc2ccc(cc2)C1. The quantitative estimate of drug-likeness (QED) is 0.115. The molecular formula is C53H51N3O8S. The fraction of sp³-hybridized carbons (Fsp3) is 0.245. The molecule has 0 spiro atoms. The van der Waals surface area contributed by atoms with E-state index in [9.17, 15) is 33.9 Å². The number of ketones is 2. The molecule has 0 radical (unpaired) electrons. The van der Waals surface area contributed by atoms with Crippen LogP contribution in [0.3, 0.4) is 0 Å². The van der Waals surface area contributed by atoms with Crippen LogP contribution in [0.1, 0.15) is 40.0 Å². The number of nitrogens with one attached hydrogen (secondary N) is 2. The van der Waals surface area contributed by atoms with Gasteiger partial charge in [-0.25, -0.2) is 0 Å². The molecule has 0 aliphatic carbocycles. The minimum absolute atomic E-state index is 0.00281. The summed E-state index contributed by atoms with van der Waals surface area (Å²) in [5.41, 5.74) is 4.89. The lowest BCUT2D eigenvalue weighted by atomic mass is 9.88. The number of hydrogen-bond acceptors (Lipinski definition) is 8. The van der Waals surface area contributed by atoms with Gasteiger partial charge in [-0.05, 0) is 76.2 Å². The Bertz CT molecular complexity index is 2530. The summed E-state index contributed by atoms with van der Waals surface area (Å²) in [7, 11) is 0. The zero-order valence-corrected chi connectivity index (χ0v) is 36.7. The number of fused-ring (bicyclic) bond motifs is 16. The van der Waals surface area contributed by atoms with Crippen LogP contribution in [0, 0.1) is 11.8 Å². The first-order chi connectivity index (χ1) is 31.6. The first-order valence-electron chi connectivity index (χ1n) is 21.7. The molecule has 6 aromatic rings. The number of carbonyl (C=O) groups is 6. The van der Waals surface area contributed by atoms with Crippen molar-refractivity contribution >= 4 is 46.6 Å². The van der Waals surface area contributed by atoms with Crippen molar-refractivity contribution in [2.75, 3.05) is 13.2 Å². The maximum Gasteiger partial charge on any atom is 0.323 e. The average molecular weight is 890 g/mol. The van der Waals surface area contributed by atoms with Gasteiger partial charge in [0.25, 0.3) is 0 Å². The van der Waals surface area contributed by atoms with E-state index in [1.807, 2.05) is 109 Å². The summed E-state index contributed by atoms with van der Waals surface area (Å²) in [5, 5.41) is 17.8. The lowest BCUT2D eigenvalue weighted by molar-refractivity contribution is -0.147. The predicted octanol–water partition coefficient (Wildman–Crippen LogP) is 7.31. The van der Waals surface area contributed by atoms with Crippen LogP contribution in [0.4, 0.5) is 0 Å². The number of carboxylic acid groups (broad SMARTS) is 1. The minimum Gasteiger partial charge on any atom is -0.486 e. The largest absolute Gasteiger partial charge is 0.486 e. The number of carbonyl (C=O) groups excluding carboxylic acids is 5. The standard InChI is InChI=1S/C53H51N3O8S/c57-44-30-42(31-46-17-10-26-65-46)51(61)55-48(29-38-18-22-41(23-19-38)40-15-8-3-9-16-40)52(62)54-47(28-36-11-4-1-5-12-36)49(58)32-43(27-37-20-24-45(25-21-37)64-35-44)53(63)56(34-50(59)60)33-39-13-6-2-7-14-39/h1-26,42-43,47-48H,27-35H2,(H,54,62)(H,55,61)(H,59,60)/t42-,43+,47-,48+/m0/s1. The molecule has 4 atom stereocenters. The van der Waals surface area contributed by atoms with Crippen molar-refractivity contribution in [2.24, 2.45) is 11.8 Å². The van der Waals surface area contributed by atoms with Gasteiger partial charge in [-0.2, -0.15) is 0 Å². The molecule has 3 N–H and O–H groups in total. The normalized spacial score (nSPS) is 18.6. The highest BCUT2D eigenvalue weighted by atomic mass is 32.1. The second-order valence-electron chi connectivity index (χ2n) is 16.4. The first kappa shape index (κ1) is 45.8. The smallest absolute Gasteiger partial charge is 0.323 e. The Balaban J connectivity index is 1.25. The Morgan fingerprint density at radius 1 is 0.615 bits per heavy atom. The van der Waals surface area contributed by atoms with Crippen LogP contribution >= 0.6 is 11.3 Å². The second-order valence-corrected chi connectivity index (χ2v) is 17.4. The number of amides is 3. The van der Waals surface area contributed by atoms with Gasteiger partial charge in [-0.1, -0.05) is 133 Å². The van der Waals surface area contributed by atoms with Crippen molar-refractivity contribution in [3.8, 4) is 16.9 Å². The molecular weight excluding hydrogens is 839 g/mol. The number of rotatable bonds is 12. The van der Waals surface area contributed by atoms with Crippen LogP contribution < -0.4 is 15.4 Å².